The molecule has 5 nitrogen and oxygen atoms in total. The summed E-state index contributed by atoms with van der Waals surface area (Å²) in [5.41, 5.74) is -0.220. The number of carbonyl (C=O) groups excluding carboxylic acids is 2. The van der Waals surface area contributed by atoms with Gasteiger partial charge >= 0.3 is 0 Å². The first-order chi connectivity index (χ1) is 11.4. The number of benzene rings is 1. The fraction of sp³-hybridized carbons (Fsp3) is 0.579. The number of para-hydroxylation sites is 1. The third kappa shape index (κ3) is 3.78. The molecule has 1 aliphatic heterocycles. The van der Waals surface area contributed by atoms with Gasteiger partial charge < -0.3 is 14.7 Å². The number of piperazine rings is 1. The molecule has 0 atom stereocenters. The minimum Gasteiger partial charge on any atom is -0.339 e. The molecule has 0 aromatic heterocycles. The summed E-state index contributed by atoms with van der Waals surface area (Å²) < 4.78 is 0. The zero-order chi connectivity index (χ0) is 17.7. The van der Waals surface area contributed by atoms with Crippen molar-refractivity contribution in [3.63, 3.8) is 0 Å². The molecule has 0 spiro atoms. The molecule has 1 saturated heterocycles. The summed E-state index contributed by atoms with van der Waals surface area (Å²) in [6.45, 7) is 12.2. The van der Waals surface area contributed by atoms with E-state index in [1.807, 2.05) is 42.2 Å². The van der Waals surface area contributed by atoms with E-state index in [0.717, 1.165) is 25.3 Å². The van der Waals surface area contributed by atoms with Crippen LogP contribution in [0.1, 0.15) is 27.7 Å². The smallest absolute Gasteiger partial charge is 0.242 e. The summed E-state index contributed by atoms with van der Waals surface area (Å²) in [5, 5.41) is 0. The number of anilines is 1. The van der Waals surface area contributed by atoms with Crippen molar-refractivity contribution < 1.29 is 9.59 Å². The molecule has 1 aliphatic rings. The van der Waals surface area contributed by atoms with Crippen molar-refractivity contribution in [3.05, 3.63) is 30.3 Å². The van der Waals surface area contributed by atoms with Crippen molar-refractivity contribution in [1.29, 1.82) is 0 Å². The number of nitrogens with zero attached hydrogens (tertiary/aromatic N) is 3. The van der Waals surface area contributed by atoms with Crippen LogP contribution in [-0.4, -0.2) is 60.9 Å². The molecule has 0 unspecified atom stereocenters. The van der Waals surface area contributed by atoms with Gasteiger partial charge in [0.2, 0.25) is 11.8 Å². The fourth-order valence-corrected chi connectivity index (χ4v) is 3.14. The van der Waals surface area contributed by atoms with Crippen molar-refractivity contribution in [2.45, 2.75) is 27.7 Å². The Morgan fingerprint density at radius 2 is 1.62 bits per heavy atom. The first kappa shape index (κ1) is 18.5. The van der Waals surface area contributed by atoms with E-state index in [2.05, 4.69) is 11.8 Å². The van der Waals surface area contributed by atoms with Gasteiger partial charge in [-0.3, -0.25) is 9.59 Å². The van der Waals surface area contributed by atoms with Crippen LogP contribution in [0.2, 0.25) is 0 Å². The fourth-order valence-electron chi connectivity index (χ4n) is 3.14. The normalized spacial score (nSPS) is 16.1. The van der Waals surface area contributed by atoms with E-state index in [9.17, 15) is 9.59 Å². The van der Waals surface area contributed by atoms with E-state index >= 15 is 0 Å². The standard InChI is InChI=1S/C19H29N3O2/c1-5-20-12-14-21(15-13-20)17(23)19(3,4)18(24)22(6-2)16-10-8-7-9-11-16/h7-11H,5-6,12-15H2,1-4H3. The Morgan fingerprint density at radius 1 is 1.04 bits per heavy atom. The summed E-state index contributed by atoms with van der Waals surface area (Å²) in [4.78, 5) is 31.9. The Morgan fingerprint density at radius 3 is 2.12 bits per heavy atom. The lowest BCUT2D eigenvalue weighted by molar-refractivity contribution is -0.148. The van der Waals surface area contributed by atoms with Gasteiger partial charge in [-0.05, 0) is 39.4 Å². The lowest BCUT2D eigenvalue weighted by Gasteiger charge is -2.39. The minimum atomic E-state index is -1.06. The van der Waals surface area contributed by atoms with Crippen LogP contribution in [0.25, 0.3) is 0 Å². The Kier molecular flexibility index (Phi) is 5.99. The topological polar surface area (TPSA) is 43.9 Å². The molecule has 0 bridgehead atoms. The van der Waals surface area contributed by atoms with Gasteiger partial charge in [-0.25, -0.2) is 0 Å². The molecule has 1 aromatic carbocycles. The van der Waals surface area contributed by atoms with Gasteiger partial charge in [0.1, 0.15) is 5.41 Å². The van der Waals surface area contributed by atoms with Gasteiger partial charge in [-0.1, -0.05) is 25.1 Å². The van der Waals surface area contributed by atoms with Crippen molar-refractivity contribution in [1.82, 2.24) is 9.80 Å². The van der Waals surface area contributed by atoms with E-state index < -0.39 is 5.41 Å². The molecule has 1 heterocycles. The van der Waals surface area contributed by atoms with Gasteiger partial charge in [-0.15, -0.1) is 0 Å². The molecule has 0 saturated carbocycles. The van der Waals surface area contributed by atoms with Gasteiger partial charge in [-0.2, -0.15) is 0 Å². The lowest BCUT2D eigenvalue weighted by Crippen LogP contribution is -2.56. The SMILES string of the molecule is CCN1CCN(C(=O)C(C)(C)C(=O)N(CC)c2ccccc2)CC1. The molecule has 24 heavy (non-hydrogen) atoms. The monoisotopic (exact) mass is 331 g/mol. The highest BCUT2D eigenvalue weighted by Crippen LogP contribution is 2.26. The molecule has 1 fully saturated rings. The predicted octanol–water partition coefficient (Wildman–Crippen LogP) is 2.23. The highest BCUT2D eigenvalue weighted by molar-refractivity contribution is 6.11. The van der Waals surface area contributed by atoms with Crippen molar-refractivity contribution >= 4 is 17.5 Å². The average molecular weight is 331 g/mol. The maximum atomic E-state index is 13.1. The first-order valence-electron chi connectivity index (χ1n) is 8.80. The molecule has 0 radical (unpaired) electrons. The van der Waals surface area contributed by atoms with Crippen LogP contribution in [-0.2, 0) is 9.59 Å². The Labute approximate surface area is 145 Å². The zero-order valence-electron chi connectivity index (χ0n) is 15.3. The number of carbonyl (C=O) groups is 2. The van der Waals surface area contributed by atoms with Gasteiger partial charge in [0, 0.05) is 38.4 Å². The Balaban J connectivity index is 2.13. The molecule has 132 valence electrons. The van der Waals surface area contributed by atoms with Crippen LogP contribution in [0.3, 0.4) is 0 Å². The van der Waals surface area contributed by atoms with Gasteiger partial charge in [0.15, 0.2) is 0 Å². The summed E-state index contributed by atoms with van der Waals surface area (Å²) >= 11 is 0. The van der Waals surface area contributed by atoms with Crippen LogP contribution in [0, 0.1) is 5.41 Å². The number of rotatable bonds is 5. The third-order valence-electron chi connectivity index (χ3n) is 4.81. The summed E-state index contributed by atoms with van der Waals surface area (Å²) in [7, 11) is 0. The molecule has 1 aromatic rings. The molecule has 0 aliphatic carbocycles. The lowest BCUT2D eigenvalue weighted by atomic mass is 9.89. The summed E-state index contributed by atoms with van der Waals surface area (Å²) in [6.07, 6.45) is 0. The van der Waals surface area contributed by atoms with E-state index in [1.165, 1.54) is 0 Å². The molecule has 2 amide bonds. The number of hydrogen-bond donors (Lipinski definition) is 0. The van der Waals surface area contributed by atoms with Crippen LogP contribution >= 0.6 is 0 Å². The highest BCUT2D eigenvalue weighted by Gasteiger charge is 2.42. The van der Waals surface area contributed by atoms with E-state index in [-0.39, 0.29) is 11.8 Å². The predicted molar refractivity (Wildman–Crippen MR) is 96.9 cm³/mol. The Hall–Kier alpha value is -1.88. The summed E-state index contributed by atoms with van der Waals surface area (Å²) in [6, 6.07) is 9.55. The van der Waals surface area contributed by atoms with Crippen molar-refractivity contribution in [3.8, 4) is 0 Å². The second-order valence-electron chi connectivity index (χ2n) is 6.74. The third-order valence-corrected chi connectivity index (χ3v) is 4.81. The minimum absolute atomic E-state index is 0.0716. The molecule has 0 N–H and O–H groups in total. The molecule has 2 rings (SSSR count). The van der Waals surface area contributed by atoms with Gasteiger partial charge in [0.05, 0.1) is 0 Å². The number of hydrogen-bond acceptors (Lipinski definition) is 3. The van der Waals surface area contributed by atoms with E-state index in [4.69, 9.17) is 0 Å². The summed E-state index contributed by atoms with van der Waals surface area (Å²) in [5.74, 6) is -0.211. The van der Waals surface area contributed by atoms with Crippen molar-refractivity contribution in [2.75, 3.05) is 44.2 Å². The van der Waals surface area contributed by atoms with Crippen LogP contribution in [0.4, 0.5) is 5.69 Å². The Bertz CT molecular complexity index is 563. The molecular formula is C19H29N3O2. The van der Waals surface area contributed by atoms with Gasteiger partial charge in [0.25, 0.3) is 0 Å². The average Bonchev–Trinajstić information content (AvgIpc) is 2.62. The second kappa shape index (κ2) is 7.79. The second-order valence-corrected chi connectivity index (χ2v) is 6.74. The van der Waals surface area contributed by atoms with Crippen molar-refractivity contribution in [2.24, 2.45) is 5.41 Å². The highest BCUT2D eigenvalue weighted by atomic mass is 16.2. The first-order valence-corrected chi connectivity index (χ1v) is 8.80. The van der Waals surface area contributed by atoms with Crippen LogP contribution < -0.4 is 4.90 Å². The quantitative estimate of drug-likeness (QED) is 0.777. The largest absolute Gasteiger partial charge is 0.339 e. The maximum Gasteiger partial charge on any atom is 0.242 e. The molecule has 5 heteroatoms. The van der Waals surface area contributed by atoms with Crippen LogP contribution in [0.15, 0.2) is 30.3 Å². The number of amides is 2. The zero-order valence-corrected chi connectivity index (χ0v) is 15.3. The number of likely N-dealkylation sites (N-methyl/N-ethyl adjacent to an activating group) is 1. The maximum absolute atomic E-state index is 13.1. The van der Waals surface area contributed by atoms with E-state index in [1.54, 1.807) is 18.7 Å². The molecular weight excluding hydrogens is 302 g/mol. The van der Waals surface area contributed by atoms with E-state index in [0.29, 0.717) is 19.6 Å². The van der Waals surface area contributed by atoms with Crippen LogP contribution in [0.5, 0.6) is 0 Å².